The average molecular weight is 170 g/mol. The fraction of sp³-hybridized carbons (Fsp3) is 0.778. The van der Waals surface area contributed by atoms with Crippen LogP contribution in [0.15, 0.2) is 0 Å². The van der Waals surface area contributed by atoms with Crippen molar-refractivity contribution in [1.29, 1.82) is 0 Å². The average Bonchev–Trinajstić information content (AvgIpc) is 1.94. The van der Waals surface area contributed by atoms with Crippen molar-refractivity contribution in [3.8, 4) is 0 Å². The minimum absolute atomic E-state index is 0.258. The van der Waals surface area contributed by atoms with Crippen molar-refractivity contribution in [2.75, 3.05) is 0 Å². The zero-order valence-corrected chi connectivity index (χ0v) is 7.55. The molecular weight excluding hydrogens is 156 g/mol. The number of carbonyl (C=O) groups is 2. The minimum Gasteiger partial charge on any atom is -0.460 e. The van der Waals surface area contributed by atoms with Gasteiger partial charge in [-0.1, -0.05) is 0 Å². The van der Waals surface area contributed by atoms with E-state index in [0.717, 1.165) is 0 Å². The molecule has 1 rings (SSSR count). The number of ether oxygens (including phenoxy) is 1. The quantitative estimate of drug-likeness (QED) is 0.559. The Kier molecular flexibility index (Phi) is 2.50. The maximum atomic E-state index is 10.9. The van der Waals surface area contributed by atoms with Crippen LogP contribution in [0.2, 0.25) is 0 Å². The van der Waals surface area contributed by atoms with E-state index in [4.69, 9.17) is 4.74 Å². The van der Waals surface area contributed by atoms with Crippen LogP contribution in [0.25, 0.3) is 0 Å². The molecule has 0 radical (unpaired) electrons. The fourth-order valence-corrected chi connectivity index (χ4v) is 1.51. The molecule has 1 saturated carbocycles. The number of esters is 1. The number of hydrogen-bond acceptors (Lipinski definition) is 3. The maximum absolute atomic E-state index is 10.9. The third kappa shape index (κ3) is 2.32. The van der Waals surface area contributed by atoms with Crippen molar-refractivity contribution in [3.63, 3.8) is 0 Å². The van der Waals surface area contributed by atoms with E-state index in [1.54, 1.807) is 0 Å². The molecule has 0 aromatic carbocycles. The molecule has 0 unspecified atom stereocenters. The highest BCUT2D eigenvalue weighted by Gasteiger charge is 2.32. The van der Waals surface area contributed by atoms with Crippen molar-refractivity contribution in [2.45, 2.75) is 45.1 Å². The van der Waals surface area contributed by atoms with E-state index in [-0.39, 0.29) is 17.4 Å². The summed E-state index contributed by atoms with van der Waals surface area (Å²) in [5.74, 6) is 0.0199. The first-order valence-corrected chi connectivity index (χ1v) is 4.23. The minimum atomic E-state index is -0.389. The van der Waals surface area contributed by atoms with Gasteiger partial charge in [-0.25, -0.2) is 0 Å². The second kappa shape index (κ2) is 3.25. The highest BCUT2D eigenvalue weighted by Crippen LogP contribution is 2.29. The first-order chi connectivity index (χ1) is 5.52. The molecule has 0 aromatic heterocycles. The van der Waals surface area contributed by atoms with E-state index in [2.05, 4.69) is 0 Å². The van der Waals surface area contributed by atoms with Gasteiger partial charge in [0.25, 0.3) is 0 Å². The van der Waals surface area contributed by atoms with Crippen LogP contribution in [-0.2, 0) is 14.3 Å². The van der Waals surface area contributed by atoms with Crippen molar-refractivity contribution in [3.05, 3.63) is 0 Å². The van der Waals surface area contributed by atoms with E-state index >= 15 is 0 Å². The summed E-state index contributed by atoms with van der Waals surface area (Å²) in [6.45, 7) is 3.29. The largest absolute Gasteiger partial charge is 0.460 e. The van der Waals surface area contributed by atoms with Crippen LogP contribution in [0.1, 0.15) is 39.5 Å². The molecule has 1 aliphatic carbocycles. The van der Waals surface area contributed by atoms with Crippen molar-refractivity contribution in [2.24, 2.45) is 0 Å². The Morgan fingerprint density at radius 3 is 2.33 bits per heavy atom. The molecule has 0 saturated heterocycles. The monoisotopic (exact) mass is 170 g/mol. The van der Waals surface area contributed by atoms with Crippen LogP contribution in [-0.4, -0.2) is 17.4 Å². The predicted molar refractivity (Wildman–Crippen MR) is 43.6 cm³/mol. The zero-order valence-electron chi connectivity index (χ0n) is 7.55. The molecule has 1 aliphatic rings. The third-order valence-corrected chi connectivity index (χ3v) is 2.26. The second-order valence-corrected chi connectivity index (χ2v) is 3.58. The molecule has 3 heteroatoms. The summed E-state index contributed by atoms with van der Waals surface area (Å²) in [4.78, 5) is 21.6. The van der Waals surface area contributed by atoms with Crippen LogP contribution >= 0.6 is 0 Å². The summed E-state index contributed by atoms with van der Waals surface area (Å²) in [6.07, 6.45) is 2.43. The molecule has 0 bridgehead atoms. The smallest absolute Gasteiger partial charge is 0.303 e. The lowest BCUT2D eigenvalue weighted by molar-refractivity contribution is -0.160. The Hall–Kier alpha value is -0.860. The standard InChI is InChI=1S/C9H14O3/c1-7(10)12-9(2)5-3-8(11)4-6-9/h3-6H2,1-2H3. The Morgan fingerprint density at radius 1 is 1.42 bits per heavy atom. The van der Waals surface area contributed by atoms with Crippen LogP contribution in [0.4, 0.5) is 0 Å². The van der Waals surface area contributed by atoms with E-state index in [1.165, 1.54) is 6.92 Å². The Morgan fingerprint density at radius 2 is 1.92 bits per heavy atom. The van der Waals surface area contributed by atoms with Gasteiger partial charge >= 0.3 is 5.97 Å². The molecular formula is C9H14O3. The molecule has 68 valence electrons. The highest BCUT2D eigenvalue weighted by atomic mass is 16.6. The van der Waals surface area contributed by atoms with Crippen molar-refractivity contribution in [1.82, 2.24) is 0 Å². The molecule has 0 spiro atoms. The molecule has 0 atom stereocenters. The van der Waals surface area contributed by atoms with Gasteiger partial charge in [0.2, 0.25) is 0 Å². The number of Topliss-reactive ketones (excluding diaryl/α,β-unsaturated/α-hetero) is 1. The molecule has 0 aromatic rings. The zero-order chi connectivity index (χ0) is 9.19. The lowest BCUT2D eigenvalue weighted by Crippen LogP contribution is -2.35. The lowest BCUT2D eigenvalue weighted by Gasteiger charge is -2.31. The van der Waals surface area contributed by atoms with Gasteiger partial charge < -0.3 is 4.74 Å². The summed E-state index contributed by atoms with van der Waals surface area (Å²) in [5.41, 5.74) is -0.389. The van der Waals surface area contributed by atoms with Gasteiger partial charge in [-0.2, -0.15) is 0 Å². The predicted octanol–water partition coefficient (Wildman–Crippen LogP) is 1.45. The molecule has 0 aliphatic heterocycles. The van der Waals surface area contributed by atoms with E-state index in [0.29, 0.717) is 25.7 Å². The van der Waals surface area contributed by atoms with Gasteiger partial charge in [-0.15, -0.1) is 0 Å². The molecule has 12 heavy (non-hydrogen) atoms. The van der Waals surface area contributed by atoms with Crippen LogP contribution in [0.3, 0.4) is 0 Å². The van der Waals surface area contributed by atoms with Gasteiger partial charge in [0.05, 0.1) is 0 Å². The van der Waals surface area contributed by atoms with E-state index in [9.17, 15) is 9.59 Å². The normalized spacial score (nSPS) is 22.0. The summed E-state index contributed by atoms with van der Waals surface area (Å²) >= 11 is 0. The summed E-state index contributed by atoms with van der Waals surface area (Å²) in [7, 11) is 0. The number of ketones is 1. The number of hydrogen-bond donors (Lipinski definition) is 0. The van der Waals surface area contributed by atoms with Gasteiger partial charge in [0.15, 0.2) is 0 Å². The van der Waals surface area contributed by atoms with Gasteiger partial charge in [0.1, 0.15) is 11.4 Å². The first-order valence-electron chi connectivity index (χ1n) is 4.23. The summed E-state index contributed by atoms with van der Waals surface area (Å²) in [6, 6.07) is 0. The molecule has 0 amide bonds. The van der Waals surface area contributed by atoms with Crippen molar-refractivity contribution >= 4 is 11.8 Å². The molecule has 0 N–H and O–H groups in total. The van der Waals surface area contributed by atoms with E-state index < -0.39 is 0 Å². The van der Waals surface area contributed by atoms with Crippen LogP contribution in [0, 0.1) is 0 Å². The summed E-state index contributed by atoms with van der Waals surface area (Å²) in [5, 5.41) is 0. The Balaban J connectivity index is 2.49. The van der Waals surface area contributed by atoms with Gasteiger partial charge in [-0.3, -0.25) is 9.59 Å². The Labute approximate surface area is 72.1 Å². The molecule has 0 heterocycles. The van der Waals surface area contributed by atoms with Gasteiger partial charge in [0, 0.05) is 19.8 Å². The molecule has 3 nitrogen and oxygen atoms in total. The van der Waals surface area contributed by atoms with Gasteiger partial charge in [-0.05, 0) is 19.8 Å². The third-order valence-electron chi connectivity index (χ3n) is 2.26. The highest BCUT2D eigenvalue weighted by molar-refractivity contribution is 5.79. The maximum Gasteiger partial charge on any atom is 0.303 e. The summed E-state index contributed by atoms with van der Waals surface area (Å²) < 4.78 is 5.14. The number of carbonyl (C=O) groups excluding carboxylic acids is 2. The second-order valence-electron chi connectivity index (χ2n) is 3.58. The lowest BCUT2D eigenvalue weighted by atomic mass is 9.85. The Bertz CT molecular complexity index is 198. The van der Waals surface area contributed by atoms with E-state index in [1.807, 2.05) is 6.92 Å². The first kappa shape index (κ1) is 9.23. The number of rotatable bonds is 1. The van der Waals surface area contributed by atoms with Crippen molar-refractivity contribution < 1.29 is 14.3 Å². The molecule has 1 fully saturated rings. The fourth-order valence-electron chi connectivity index (χ4n) is 1.51. The topological polar surface area (TPSA) is 43.4 Å². The SMILES string of the molecule is CC(=O)OC1(C)CCC(=O)CC1. The van der Waals surface area contributed by atoms with Crippen LogP contribution in [0.5, 0.6) is 0 Å². The van der Waals surface area contributed by atoms with Crippen LogP contribution < -0.4 is 0 Å².